The zero-order valence-corrected chi connectivity index (χ0v) is 11.5. The first-order valence-corrected chi connectivity index (χ1v) is 6.20. The van der Waals surface area contributed by atoms with Crippen molar-refractivity contribution < 1.29 is 14.3 Å². The van der Waals surface area contributed by atoms with E-state index < -0.39 is 0 Å². The van der Waals surface area contributed by atoms with Crippen LogP contribution < -0.4 is 20.1 Å². The van der Waals surface area contributed by atoms with Crippen molar-refractivity contribution in [1.82, 2.24) is 10.6 Å². The zero-order chi connectivity index (χ0) is 13.8. The highest BCUT2D eigenvalue weighted by Gasteiger charge is 2.21. The molecule has 0 aromatic heterocycles. The molecule has 0 saturated carbocycles. The van der Waals surface area contributed by atoms with Gasteiger partial charge in [-0.3, -0.25) is 10.1 Å². The van der Waals surface area contributed by atoms with Crippen LogP contribution >= 0.6 is 12.2 Å². The molecule has 5 nitrogen and oxygen atoms in total. The van der Waals surface area contributed by atoms with Crippen molar-refractivity contribution in [3.8, 4) is 11.5 Å². The van der Waals surface area contributed by atoms with E-state index in [-0.39, 0.29) is 5.91 Å². The molecule has 0 radical (unpaired) electrons. The van der Waals surface area contributed by atoms with Crippen LogP contribution in [0.5, 0.6) is 11.5 Å². The maximum Gasteiger partial charge on any atom is 0.273 e. The van der Waals surface area contributed by atoms with E-state index in [2.05, 4.69) is 10.6 Å². The van der Waals surface area contributed by atoms with E-state index in [0.29, 0.717) is 28.9 Å². The highest BCUT2D eigenvalue weighted by atomic mass is 32.1. The number of carbonyl (C=O) groups is 1. The number of carbonyl (C=O) groups excluding carboxylic acids is 1. The van der Waals surface area contributed by atoms with Crippen LogP contribution in [0.25, 0.3) is 6.08 Å². The normalized spacial score (nSPS) is 16.2. The molecular formula is C13H14N2O3S. The number of ether oxygens (including phenoxy) is 2. The number of nitrogens with one attached hydrogen (secondary N) is 2. The Labute approximate surface area is 116 Å². The molecule has 1 amide bonds. The van der Waals surface area contributed by atoms with Gasteiger partial charge in [-0.05, 0) is 31.3 Å². The van der Waals surface area contributed by atoms with Crippen molar-refractivity contribution in [3.63, 3.8) is 0 Å². The number of hydrogen-bond donors (Lipinski definition) is 2. The van der Waals surface area contributed by atoms with Crippen LogP contribution in [0, 0.1) is 0 Å². The van der Waals surface area contributed by atoms with Gasteiger partial charge in [-0.25, -0.2) is 0 Å². The SMILES string of the molecule is CCOc1cccc(C=C2NC(=S)NC2=O)c1OC. The van der Waals surface area contributed by atoms with Crippen molar-refractivity contribution in [2.24, 2.45) is 0 Å². The number of hydrogen-bond acceptors (Lipinski definition) is 4. The predicted octanol–water partition coefficient (Wildman–Crippen LogP) is 1.44. The first-order chi connectivity index (χ1) is 9.15. The Morgan fingerprint density at radius 1 is 1.37 bits per heavy atom. The van der Waals surface area contributed by atoms with Crippen LogP contribution in [-0.4, -0.2) is 24.7 Å². The van der Waals surface area contributed by atoms with Crippen molar-refractivity contribution >= 4 is 29.3 Å². The van der Waals surface area contributed by atoms with Crippen LogP contribution in [0.4, 0.5) is 0 Å². The van der Waals surface area contributed by atoms with Gasteiger partial charge in [0.05, 0.1) is 13.7 Å². The van der Waals surface area contributed by atoms with Gasteiger partial charge in [-0.1, -0.05) is 12.1 Å². The Morgan fingerprint density at radius 3 is 2.74 bits per heavy atom. The first kappa shape index (κ1) is 13.4. The molecule has 0 spiro atoms. The third kappa shape index (κ3) is 2.85. The topological polar surface area (TPSA) is 59.6 Å². The fourth-order valence-electron chi connectivity index (χ4n) is 1.77. The maximum atomic E-state index is 11.6. The maximum absolute atomic E-state index is 11.6. The summed E-state index contributed by atoms with van der Waals surface area (Å²) in [5, 5.41) is 5.60. The summed E-state index contributed by atoms with van der Waals surface area (Å²) in [4.78, 5) is 11.6. The summed E-state index contributed by atoms with van der Waals surface area (Å²) < 4.78 is 10.8. The molecule has 0 atom stereocenters. The predicted molar refractivity (Wildman–Crippen MR) is 76.0 cm³/mol. The lowest BCUT2D eigenvalue weighted by molar-refractivity contribution is -0.115. The summed E-state index contributed by atoms with van der Waals surface area (Å²) in [6.07, 6.45) is 1.68. The van der Waals surface area contributed by atoms with E-state index in [1.54, 1.807) is 13.2 Å². The highest BCUT2D eigenvalue weighted by molar-refractivity contribution is 7.80. The molecular weight excluding hydrogens is 264 g/mol. The molecule has 1 fully saturated rings. The molecule has 100 valence electrons. The van der Waals surface area contributed by atoms with Gasteiger partial charge in [0.2, 0.25) is 0 Å². The second-order valence-corrected chi connectivity index (χ2v) is 4.19. The van der Waals surface area contributed by atoms with Gasteiger partial charge in [-0.15, -0.1) is 0 Å². The lowest BCUT2D eigenvalue weighted by Gasteiger charge is -2.11. The van der Waals surface area contributed by atoms with Gasteiger partial charge in [0.1, 0.15) is 5.70 Å². The molecule has 1 aliphatic rings. The van der Waals surface area contributed by atoms with E-state index in [0.717, 1.165) is 5.56 Å². The Kier molecular flexibility index (Phi) is 4.01. The quantitative estimate of drug-likeness (QED) is 0.644. The van der Waals surface area contributed by atoms with E-state index in [4.69, 9.17) is 21.7 Å². The summed E-state index contributed by atoms with van der Waals surface area (Å²) in [6.45, 7) is 2.44. The van der Waals surface area contributed by atoms with Crippen LogP contribution in [0.2, 0.25) is 0 Å². The summed E-state index contributed by atoms with van der Waals surface area (Å²) in [7, 11) is 1.56. The molecule has 1 saturated heterocycles. The Balaban J connectivity index is 2.40. The number of para-hydroxylation sites is 1. The van der Waals surface area contributed by atoms with Crippen LogP contribution in [0.15, 0.2) is 23.9 Å². The Bertz CT molecular complexity index is 555. The molecule has 0 bridgehead atoms. The monoisotopic (exact) mass is 278 g/mol. The number of methoxy groups -OCH3 is 1. The summed E-state index contributed by atoms with van der Waals surface area (Å²) in [6, 6.07) is 5.49. The van der Waals surface area contributed by atoms with Crippen molar-refractivity contribution in [2.45, 2.75) is 6.92 Å². The van der Waals surface area contributed by atoms with Gasteiger partial charge >= 0.3 is 0 Å². The molecule has 0 unspecified atom stereocenters. The minimum atomic E-state index is -0.256. The van der Waals surface area contributed by atoms with E-state index in [1.807, 2.05) is 25.1 Å². The second-order valence-electron chi connectivity index (χ2n) is 3.78. The average Bonchev–Trinajstić information content (AvgIpc) is 2.69. The fourth-order valence-corrected chi connectivity index (χ4v) is 1.97. The van der Waals surface area contributed by atoms with Gasteiger partial charge in [0.25, 0.3) is 5.91 Å². The minimum Gasteiger partial charge on any atom is -0.492 e. The van der Waals surface area contributed by atoms with E-state index in [9.17, 15) is 4.79 Å². The first-order valence-electron chi connectivity index (χ1n) is 5.79. The Hall–Kier alpha value is -2.08. The zero-order valence-electron chi connectivity index (χ0n) is 10.6. The minimum absolute atomic E-state index is 0.256. The van der Waals surface area contributed by atoms with Gasteiger partial charge in [0, 0.05) is 5.56 Å². The van der Waals surface area contributed by atoms with Gasteiger partial charge in [-0.2, -0.15) is 0 Å². The molecule has 0 aliphatic carbocycles. The third-order valence-corrected chi connectivity index (χ3v) is 2.74. The van der Waals surface area contributed by atoms with Crippen molar-refractivity contribution in [1.29, 1.82) is 0 Å². The lowest BCUT2D eigenvalue weighted by atomic mass is 10.1. The standard InChI is InChI=1S/C13H14N2O3S/c1-3-18-10-6-4-5-8(11(10)17-2)7-9-12(16)15-13(19)14-9/h4-7H,3H2,1-2H3,(H2,14,15,16,19). The molecule has 1 aromatic rings. The number of benzene rings is 1. The van der Waals surface area contributed by atoms with Crippen molar-refractivity contribution in [3.05, 3.63) is 29.5 Å². The molecule has 1 aliphatic heterocycles. The number of rotatable bonds is 4. The van der Waals surface area contributed by atoms with Crippen LogP contribution in [0.3, 0.4) is 0 Å². The molecule has 2 N–H and O–H groups in total. The van der Waals surface area contributed by atoms with Gasteiger partial charge < -0.3 is 14.8 Å². The smallest absolute Gasteiger partial charge is 0.273 e. The molecule has 6 heteroatoms. The Morgan fingerprint density at radius 2 is 2.16 bits per heavy atom. The van der Waals surface area contributed by atoms with Crippen LogP contribution in [-0.2, 0) is 4.79 Å². The van der Waals surface area contributed by atoms with Gasteiger partial charge in [0.15, 0.2) is 16.6 Å². The molecule has 19 heavy (non-hydrogen) atoms. The number of amides is 1. The van der Waals surface area contributed by atoms with E-state index >= 15 is 0 Å². The number of thiocarbonyl (C=S) groups is 1. The summed E-state index contributed by atoms with van der Waals surface area (Å²) in [5.74, 6) is 0.971. The summed E-state index contributed by atoms with van der Waals surface area (Å²) in [5.41, 5.74) is 1.13. The molecule has 2 rings (SSSR count). The molecule has 1 heterocycles. The average molecular weight is 278 g/mol. The largest absolute Gasteiger partial charge is 0.492 e. The van der Waals surface area contributed by atoms with E-state index in [1.165, 1.54) is 0 Å². The fraction of sp³-hybridized carbons (Fsp3) is 0.231. The van der Waals surface area contributed by atoms with Crippen molar-refractivity contribution in [2.75, 3.05) is 13.7 Å². The third-order valence-electron chi connectivity index (χ3n) is 2.53. The van der Waals surface area contributed by atoms with Crippen LogP contribution in [0.1, 0.15) is 12.5 Å². The second kappa shape index (κ2) is 5.71. The lowest BCUT2D eigenvalue weighted by Crippen LogP contribution is -2.21. The highest BCUT2D eigenvalue weighted by Crippen LogP contribution is 2.32. The summed E-state index contributed by atoms with van der Waals surface area (Å²) >= 11 is 4.88. The molecule has 1 aromatic carbocycles.